The summed E-state index contributed by atoms with van der Waals surface area (Å²) >= 11 is 0. The van der Waals surface area contributed by atoms with Crippen LogP contribution < -0.4 is 15.4 Å². The summed E-state index contributed by atoms with van der Waals surface area (Å²) < 4.78 is 10.5. The minimum Gasteiger partial charge on any atom is -0.494 e. The molecule has 2 aromatic carbocycles. The summed E-state index contributed by atoms with van der Waals surface area (Å²) in [4.78, 5) is 36.4. The monoisotopic (exact) mass is 426 g/mol. The Hall–Kier alpha value is -3.35. The predicted molar refractivity (Wildman–Crippen MR) is 118 cm³/mol. The number of benzene rings is 2. The molecular weight excluding hydrogens is 396 g/mol. The van der Waals surface area contributed by atoms with E-state index in [-0.39, 0.29) is 18.5 Å². The molecule has 0 heterocycles. The number of nitrogens with one attached hydrogen (secondary N) is 2. The van der Waals surface area contributed by atoms with Crippen LogP contribution in [-0.4, -0.2) is 43.1 Å². The molecule has 2 rings (SSSR count). The Labute approximate surface area is 183 Å². The number of amides is 2. The summed E-state index contributed by atoms with van der Waals surface area (Å²) in [6.07, 6.45) is 0.664. The lowest BCUT2D eigenvalue weighted by atomic mass is 10.1. The highest BCUT2D eigenvalue weighted by atomic mass is 16.5. The van der Waals surface area contributed by atoms with E-state index in [1.807, 2.05) is 44.2 Å². The number of hydrogen-bond acceptors (Lipinski definition) is 5. The normalized spacial score (nSPS) is 12.4. The van der Waals surface area contributed by atoms with E-state index in [1.165, 1.54) is 12.5 Å². The molecule has 0 aliphatic carbocycles. The summed E-state index contributed by atoms with van der Waals surface area (Å²) in [5.74, 6) is -0.798. The van der Waals surface area contributed by atoms with Crippen molar-refractivity contribution in [3.05, 3.63) is 65.7 Å². The molecule has 0 saturated carbocycles. The number of carbonyl (C=O) groups is 3. The van der Waals surface area contributed by atoms with Gasteiger partial charge < -0.3 is 20.1 Å². The molecule has 0 spiro atoms. The first-order valence-corrected chi connectivity index (χ1v) is 10.4. The lowest BCUT2D eigenvalue weighted by molar-refractivity contribution is -0.154. The van der Waals surface area contributed by atoms with E-state index in [1.54, 1.807) is 24.3 Å². The zero-order valence-corrected chi connectivity index (χ0v) is 18.2. The van der Waals surface area contributed by atoms with Gasteiger partial charge in [-0.25, -0.2) is 0 Å². The van der Waals surface area contributed by atoms with E-state index < -0.39 is 18.0 Å². The lowest BCUT2D eigenvalue weighted by Crippen LogP contribution is -2.42. The second kappa shape index (κ2) is 12.4. The average Bonchev–Trinajstić information content (AvgIpc) is 2.77. The van der Waals surface area contributed by atoms with Crippen LogP contribution in [0.3, 0.4) is 0 Å². The van der Waals surface area contributed by atoms with E-state index in [0.29, 0.717) is 17.9 Å². The lowest BCUT2D eigenvalue weighted by Gasteiger charge is -2.18. The van der Waals surface area contributed by atoms with E-state index in [4.69, 9.17) is 9.47 Å². The Balaban J connectivity index is 1.70. The molecule has 2 atom stereocenters. The van der Waals surface area contributed by atoms with Gasteiger partial charge in [-0.05, 0) is 63.4 Å². The fraction of sp³-hybridized carbons (Fsp3) is 0.375. The minimum absolute atomic E-state index is 0.0618. The van der Waals surface area contributed by atoms with Crippen LogP contribution in [0.1, 0.15) is 43.1 Å². The standard InChI is InChI=1S/C24H30N2O5/c1-4-30-21-14-12-20(13-15-21)24(29)25-16-22(27)31-18(3)23(28)26-17(2)10-11-19-8-6-5-7-9-19/h5-9,12-15,17-18H,4,10-11,16H2,1-3H3,(H,25,29)(H,26,28)/t17-,18-/m1/s1. The largest absolute Gasteiger partial charge is 0.494 e. The molecule has 2 amide bonds. The molecule has 31 heavy (non-hydrogen) atoms. The predicted octanol–water partition coefficient (Wildman–Crippen LogP) is 2.88. The van der Waals surface area contributed by atoms with Crippen molar-refractivity contribution in [2.75, 3.05) is 13.2 Å². The Bertz CT molecular complexity index is 852. The zero-order valence-electron chi connectivity index (χ0n) is 18.2. The number of ether oxygens (including phenoxy) is 2. The molecule has 0 aromatic heterocycles. The number of aryl methyl sites for hydroxylation is 1. The quantitative estimate of drug-likeness (QED) is 0.539. The van der Waals surface area contributed by atoms with Crippen LogP contribution in [-0.2, 0) is 20.7 Å². The molecule has 0 radical (unpaired) electrons. The van der Waals surface area contributed by atoms with Gasteiger partial charge in [0.05, 0.1) is 6.61 Å². The maximum atomic E-state index is 12.3. The van der Waals surface area contributed by atoms with Gasteiger partial charge in [-0.15, -0.1) is 0 Å². The zero-order chi connectivity index (χ0) is 22.6. The Morgan fingerprint density at radius 3 is 2.29 bits per heavy atom. The first-order chi connectivity index (χ1) is 14.9. The van der Waals surface area contributed by atoms with Gasteiger partial charge in [0.25, 0.3) is 11.8 Å². The van der Waals surface area contributed by atoms with Gasteiger partial charge in [0.2, 0.25) is 0 Å². The minimum atomic E-state index is -0.950. The van der Waals surface area contributed by atoms with Crippen molar-refractivity contribution < 1.29 is 23.9 Å². The third-order valence-corrected chi connectivity index (χ3v) is 4.60. The first kappa shape index (κ1) is 23.9. The van der Waals surface area contributed by atoms with Gasteiger partial charge in [0.1, 0.15) is 12.3 Å². The summed E-state index contributed by atoms with van der Waals surface area (Å²) in [7, 11) is 0. The highest BCUT2D eigenvalue weighted by Crippen LogP contribution is 2.12. The van der Waals surface area contributed by atoms with Crippen molar-refractivity contribution in [3.8, 4) is 5.75 Å². The van der Waals surface area contributed by atoms with Crippen molar-refractivity contribution >= 4 is 17.8 Å². The second-order valence-electron chi connectivity index (χ2n) is 7.21. The van der Waals surface area contributed by atoms with Crippen molar-refractivity contribution in [3.63, 3.8) is 0 Å². The second-order valence-corrected chi connectivity index (χ2v) is 7.21. The smallest absolute Gasteiger partial charge is 0.326 e. The van der Waals surface area contributed by atoms with Gasteiger partial charge in [-0.3, -0.25) is 14.4 Å². The van der Waals surface area contributed by atoms with Crippen LogP contribution in [0.5, 0.6) is 5.75 Å². The molecule has 0 bridgehead atoms. The van der Waals surface area contributed by atoms with Crippen molar-refractivity contribution in [2.24, 2.45) is 0 Å². The van der Waals surface area contributed by atoms with Crippen molar-refractivity contribution in [1.82, 2.24) is 10.6 Å². The van der Waals surface area contributed by atoms with Crippen LogP contribution in [0.15, 0.2) is 54.6 Å². The molecule has 7 nitrogen and oxygen atoms in total. The van der Waals surface area contributed by atoms with Crippen molar-refractivity contribution in [1.29, 1.82) is 0 Å². The number of rotatable bonds is 11. The Kier molecular flexibility index (Phi) is 9.55. The van der Waals surface area contributed by atoms with Crippen LogP contribution >= 0.6 is 0 Å². The van der Waals surface area contributed by atoms with Gasteiger partial charge in [0, 0.05) is 11.6 Å². The molecule has 0 saturated heterocycles. The summed E-state index contributed by atoms with van der Waals surface area (Å²) in [6, 6.07) is 16.5. The highest BCUT2D eigenvalue weighted by Gasteiger charge is 2.20. The van der Waals surface area contributed by atoms with Gasteiger partial charge in [-0.2, -0.15) is 0 Å². The summed E-state index contributed by atoms with van der Waals surface area (Å²) in [6.45, 7) is 5.50. The van der Waals surface area contributed by atoms with E-state index >= 15 is 0 Å². The maximum absolute atomic E-state index is 12.3. The number of esters is 1. The molecular formula is C24H30N2O5. The van der Waals surface area contributed by atoms with Gasteiger partial charge in [-0.1, -0.05) is 30.3 Å². The summed E-state index contributed by atoms with van der Waals surface area (Å²) in [5.41, 5.74) is 1.60. The third-order valence-electron chi connectivity index (χ3n) is 4.60. The molecule has 0 aliphatic heterocycles. The molecule has 0 aliphatic rings. The van der Waals surface area contributed by atoms with Crippen LogP contribution in [0.2, 0.25) is 0 Å². The van der Waals surface area contributed by atoms with Gasteiger partial charge in [0.15, 0.2) is 6.10 Å². The van der Waals surface area contributed by atoms with Crippen LogP contribution in [0.25, 0.3) is 0 Å². The third kappa shape index (κ3) is 8.50. The van der Waals surface area contributed by atoms with E-state index in [2.05, 4.69) is 10.6 Å². The van der Waals surface area contributed by atoms with Crippen LogP contribution in [0, 0.1) is 0 Å². The molecule has 0 unspecified atom stereocenters. The number of hydrogen-bond donors (Lipinski definition) is 2. The van der Waals surface area contributed by atoms with Crippen molar-refractivity contribution in [2.45, 2.75) is 45.8 Å². The SMILES string of the molecule is CCOc1ccc(C(=O)NCC(=O)O[C@H](C)C(=O)N[C@H](C)CCc2ccccc2)cc1. The fourth-order valence-corrected chi connectivity index (χ4v) is 2.88. The molecule has 2 N–H and O–H groups in total. The van der Waals surface area contributed by atoms with Gasteiger partial charge >= 0.3 is 5.97 Å². The highest BCUT2D eigenvalue weighted by molar-refractivity contribution is 5.96. The average molecular weight is 427 g/mol. The van der Waals surface area contributed by atoms with E-state index in [0.717, 1.165) is 12.8 Å². The van der Waals surface area contributed by atoms with E-state index in [9.17, 15) is 14.4 Å². The van der Waals surface area contributed by atoms with Crippen LogP contribution in [0.4, 0.5) is 0 Å². The molecule has 7 heteroatoms. The Morgan fingerprint density at radius 1 is 0.968 bits per heavy atom. The topological polar surface area (TPSA) is 93.7 Å². The maximum Gasteiger partial charge on any atom is 0.326 e. The number of carbonyl (C=O) groups excluding carboxylic acids is 3. The molecule has 166 valence electrons. The fourth-order valence-electron chi connectivity index (χ4n) is 2.88. The first-order valence-electron chi connectivity index (χ1n) is 10.4. The molecule has 2 aromatic rings. The Morgan fingerprint density at radius 2 is 1.65 bits per heavy atom. The molecule has 0 fully saturated rings. The summed E-state index contributed by atoms with van der Waals surface area (Å²) in [5, 5.41) is 5.33.